The third-order valence-corrected chi connectivity index (χ3v) is 6.55. The molecule has 24 heavy (non-hydrogen) atoms. The van der Waals surface area contributed by atoms with Crippen molar-refractivity contribution in [1.82, 2.24) is 19.9 Å². The number of thiazole rings is 1. The van der Waals surface area contributed by atoms with Crippen LogP contribution in [0.5, 0.6) is 0 Å². The number of sulfonamides is 1. The van der Waals surface area contributed by atoms with Crippen LogP contribution in [-0.2, 0) is 16.6 Å². The maximum Gasteiger partial charge on any atom is 0.215 e. The Hall–Kier alpha value is -0.460. The summed E-state index contributed by atoms with van der Waals surface area (Å²) in [7, 11) is -1.56. The molecule has 0 aliphatic rings. The summed E-state index contributed by atoms with van der Waals surface area (Å²) in [5, 5.41) is 7.16. The first-order chi connectivity index (χ1) is 10.8. The van der Waals surface area contributed by atoms with E-state index in [9.17, 15) is 8.42 Å². The topological polar surface area (TPSA) is 86.7 Å². The third kappa shape index (κ3) is 7.19. The molecular weight excluding hydrogens is 461 g/mol. The quantitative estimate of drug-likeness (QED) is 0.330. The van der Waals surface area contributed by atoms with Gasteiger partial charge in [-0.2, -0.15) is 0 Å². The highest BCUT2D eigenvalue weighted by Crippen LogP contribution is 2.15. The van der Waals surface area contributed by atoms with Crippen LogP contribution in [0.3, 0.4) is 0 Å². The Morgan fingerprint density at radius 3 is 2.33 bits per heavy atom. The average Bonchev–Trinajstić information content (AvgIpc) is 2.82. The minimum atomic E-state index is -3.22. The summed E-state index contributed by atoms with van der Waals surface area (Å²) in [6, 6.07) is 0. The van der Waals surface area contributed by atoms with E-state index in [1.54, 1.807) is 18.4 Å². The van der Waals surface area contributed by atoms with Gasteiger partial charge in [0.05, 0.1) is 18.0 Å². The fourth-order valence-electron chi connectivity index (χ4n) is 2.04. The van der Waals surface area contributed by atoms with Gasteiger partial charge in [-0.25, -0.2) is 17.7 Å². The van der Waals surface area contributed by atoms with Gasteiger partial charge in [-0.05, 0) is 13.8 Å². The molecular formula is C14H28IN5O2S2. The summed E-state index contributed by atoms with van der Waals surface area (Å²) in [5.74, 6) is 0.621. The molecule has 1 rings (SSSR count). The van der Waals surface area contributed by atoms with Gasteiger partial charge >= 0.3 is 0 Å². The molecule has 1 heterocycles. The van der Waals surface area contributed by atoms with E-state index in [2.05, 4.69) is 20.6 Å². The minimum Gasteiger partial charge on any atom is -0.355 e. The van der Waals surface area contributed by atoms with E-state index < -0.39 is 10.0 Å². The molecule has 140 valence electrons. The van der Waals surface area contributed by atoms with E-state index >= 15 is 0 Å². The van der Waals surface area contributed by atoms with Crippen LogP contribution in [0.1, 0.15) is 29.4 Å². The molecule has 0 aliphatic heterocycles. The molecule has 0 aliphatic carbocycles. The first kappa shape index (κ1) is 23.5. The van der Waals surface area contributed by atoms with Crippen LogP contribution in [-0.4, -0.2) is 56.1 Å². The molecule has 1 aromatic rings. The van der Waals surface area contributed by atoms with Crippen molar-refractivity contribution in [3.63, 3.8) is 0 Å². The summed E-state index contributed by atoms with van der Waals surface area (Å²) in [6.07, 6.45) is 0. The number of nitrogens with zero attached hydrogens (tertiary/aromatic N) is 3. The zero-order chi connectivity index (χ0) is 17.5. The maximum atomic E-state index is 12.1. The van der Waals surface area contributed by atoms with Gasteiger partial charge in [0.15, 0.2) is 5.96 Å². The first-order valence-corrected chi connectivity index (χ1v) is 10.1. The van der Waals surface area contributed by atoms with E-state index in [0.29, 0.717) is 32.1 Å². The smallest absolute Gasteiger partial charge is 0.215 e. The Kier molecular flexibility index (Phi) is 11.0. The molecule has 0 saturated carbocycles. The van der Waals surface area contributed by atoms with Crippen molar-refractivity contribution in [2.24, 2.45) is 4.99 Å². The number of hydrogen-bond acceptors (Lipinski definition) is 5. The number of nitrogens with one attached hydrogen (secondary N) is 2. The molecule has 0 unspecified atom stereocenters. The minimum absolute atomic E-state index is 0. The van der Waals surface area contributed by atoms with Crippen LogP contribution in [0.4, 0.5) is 0 Å². The Bertz CT molecular complexity index is 608. The lowest BCUT2D eigenvalue weighted by atomic mass is 10.4. The van der Waals surface area contributed by atoms with Crippen molar-refractivity contribution in [1.29, 1.82) is 0 Å². The number of halogens is 1. The monoisotopic (exact) mass is 489 g/mol. The molecule has 0 spiro atoms. The molecule has 0 atom stereocenters. The number of aliphatic imine (C=N–C) groups is 1. The number of aromatic nitrogens is 1. The second-order valence-corrected chi connectivity index (χ2v) is 8.38. The fourth-order valence-corrected chi connectivity index (χ4v) is 4.32. The molecule has 1 aromatic heterocycles. The van der Waals surface area contributed by atoms with E-state index in [4.69, 9.17) is 0 Å². The Labute approximate surface area is 166 Å². The van der Waals surface area contributed by atoms with Gasteiger partial charge in [-0.1, -0.05) is 13.8 Å². The molecule has 0 fully saturated rings. The molecule has 2 N–H and O–H groups in total. The van der Waals surface area contributed by atoms with Gasteiger partial charge in [0.25, 0.3) is 0 Å². The summed E-state index contributed by atoms with van der Waals surface area (Å²) < 4.78 is 25.7. The van der Waals surface area contributed by atoms with Crippen molar-refractivity contribution in [3.05, 3.63) is 15.6 Å². The lowest BCUT2D eigenvalue weighted by molar-refractivity contribution is 0.445. The Morgan fingerprint density at radius 2 is 1.88 bits per heavy atom. The van der Waals surface area contributed by atoms with Crippen molar-refractivity contribution >= 4 is 51.3 Å². The average molecular weight is 489 g/mol. The van der Waals surface area contributed by atoms with E-state index in [-0.39, 0.29) is 29.7 Å². The Balaban J connectivity index is 0.00000529. The van der Waals surface area contributed by atoms with Crippen molar-refractivity contribution in [3.8, 4) is 0 Å². The van der Waals surface area contributed by atoms with E-state index in [1.807, 2.05) is 27.7 Å². The molecule has 0 radical (unpaired) electrons. The summed E-state index contributed by atoms with van der Waals surface area (Å²) in [5.41, 5.74) is 1.04. The van der Waals surface area contributed by atoms with Crippen LogP contribution < -0.4 is 10.6 Å². The summed E-state index contributed by atoms with van der Waals surface area (Å²) in [4.78, 5) is 9.76. The van der Waals surface area contributed by atoms with Crippen LogP contribution >= 0.6 is 35.3 Å². The zero-order valence-electron chi connectivity index (χ0n) is 14.9. The SMILES string of the molecule is CCN(CC)S(=O)(=O)CCNC(=NC)NCc1nc(C)c(C)s1.I. The maximum absolute atomic E-state index is 12.1. The molecule has 0 amide bonds. The lowest BCUT2D eigenvalue weighted by Gasteiger charge is -2.19. The predicted molar refractivity (Wildman–Crippen MR) is 112 cm³/mol. The van der Waals surface area contributed by atoms with Gasteiger partial charge in [0.1, 0.15) is 5.01 Å². The number of aryl methyl sites for hydroxylation is 2. The zero-order valence-corrected chi connectivity index (χ0v) is 18.9. The highest BCUT2D eigenvalue weighted by Gasteiger charge is 2.18. The molecule has 7 nitrogen and oxygen atoms in total. The van der Waals surface area contributed by atoms with Gasteiger partial charge < -0.3 is 10.6 Å². The molecule has 0 saturated heterocycles. The first-order valence-electron chi connectivity index (χ1n) is 7.69. The fraction of sp³-hybridized carbons (Fsp3) is 0.714. The molecule has 0 aromatic carbocycles. The second kappa shape index (κ2) is 11.2. The van der Waals surface area contributed by atoms with Gasteiger partial charge in [0.2, 0.25) is 10.0 Å². The standard InChI is InChI=1S/C14H27N5O2S2.HI/c1-6-19(7-2)23(20,21)9-8-16-14(15-5)17-10-13-18-11(3)12(4)22-13;/h6-10H2,1-5H3,(H2,15,16,17);1H. The van der Waals surface area contributed by atoms with Crippen molar-refractivity contribution < 1.29 is 8.42 Å². The van der Waals surface area contributed by atoms with E-state index in [1.165, 1.54) is 9.18 Å². The van der Waals surface area contributed by atoms with Gasteiger partial charge in [0, 0.05) is 31.6 Å². The van der Waals surface area contributed by atoms with Crippen LogP contribution in [0, 0.1) is 13.8 Å². The normalized spacial score (nSPS) is 12.2. The molecule has 10 heteroatoms. The summed E-state index contributed by atoms with van der Waals surface area (Å²) in [6.45, 7) is 9.58. The number of hydrogen-bond donors (Lipinski definition) is 2. The van der Waals surface area contributed by atoms with Crippen LogP contribution in [0.2, 0.25) is 0 Å². The highest BCUT2D eigenvalue weighted by molar-refractivity contribution is 14.0. The second-order valence-electron chi connectivity index (χ2n) is 5.00. The highest BCUT2D eigenvalue weighted by atomic mass is 127. The van der Waals surface area contributed by atoms with Crippen LogP contribution in [0.15, 0.2) is 4.99 Å². The largest absolute Gasteiger partial charge is 0.355 e. The number of guanidine groups is 1. The van der Waals surface area contributed by atoms with Crippen molar-refractivity contribution in [2.75, 3.05) is 32.4 Å². The molecule has 0 bridgehead atoms. The van der Waals surface area contributed by atoms with Gasteiger partial charge in [-0.3, -0.25) is 4.99 Å². The van der Waals surface area contributed by atoms with E-state index in [0.717, 1.165) is 10.7 Å². The predicted octanol–water partition coefficient (Wildman–Crippen LogP) is 1.71. The van der Waals surface area contributed by atoms with Gasteiger partial charge in [-0.15, -0.1) is 35.3 Å². The van der Waals surface area contributed by atoms with Crippen molar-refractivity contribution in [2.45, 2.75) is 34.2 Å². The number of rotatable bonds is 8. The summed E-state index contributed by atoms with van der Waals surface area (Å²) >= 11 is 1.65. The Morgan fingerprint density at radius 1 is 1.25 bits per heavy atom. The van der Waals surface area contributed by atoms with Crippen LogP contribution in [0.25, 0.3) is 0 Å². The lowest BCUT2D eigenvalue weighted by Crippen LogP contribution is -2.41. The third-order valence-electron chi connectivity index (χ3n) is 3.45.